The molecule has 4 aromatic rings. The predicted octanol–water partition coefficient (Wildman–Crippen LogP) is 7.90. The molecular weight excluding hydrogens is 633 g/mol. The molecule has 0 atom stereocenters. The van der Waals surface area contributed by atoms with Crippen LogP contribution in [0.3, 0.4) is 0 Å². The van der Waals surface area contributed by atoms with E-state index in [1.165, 1.54) is 17.8 Å². The molecule has 202 valence electrons. The maximum absolute atomic E-state index is 13.3. The highest BCUT2D eigenvalue weighted by Crippen LogP contribution is 2.27. The number of benzene rings is 4. The summed E-state index contributed by atoms with van der Waals surface area (Å²) in [6.07, 6.45) is 1.44. The van der Waals surface area contributed by atoms with Gasteiger partial charge in [-0.2, -0.15) is 0 Å². The Morgan fingerprint density at radius 2 is 1.35 bits per heavy atom. The first kappa shape index (κ1) is 29.4. The maximum Gasteiger partial charge on any atom is 0.272 e. The van der Waals surface area contributed by atoms with E-state index in [1.807, 2.05) is 24.3 Å². The fraction of sp³-hybridized carbons (Fsp3) is 0.0333. The van der Waals surface area contributed by atoms with Crippen molar-refractivity contribution in [3.05, 3.63) is 128 Å². The lowest BCUT2D eigenvalue weighted by molar-refractivity contribution is -0.114. The summed E-state index contributed by atoms with van der Waals surface area (Å²) in [4.78, 5) is 39.2. The molecule has 0 aliphatic rings. The topological polar surface area (TPSA) is 87.3 Å². The summed E-state index contributed by atoms with van der Waals surface area (Å²) in [5.74, 6) is -0.932. The van der Waals surface area contributed by atoms with Gasteiger partial charge in [-0.3, -0.25) is 14.4 Å². The van der Waals surface area contributed by atoms with E-state index in [4.69, 9.17) is 23.2 Å². The Balaban J connectivity index is 1.43. The SMILES string of the molecule is O=C(CSc1ccc(NC(=O)/C(=C/c2c(Cl)cccc2Cl)NC(=O)c2ccccc2)cc1)Nc1ccc(Br)cc1. The van der Waals surface area contributed by atoms with Gasteiger partial charge < -0.3 is 16.0 Å². The summed E-state index contributed by atoms with van der Waals surface area (Å²) in [5.41, 5.74) is 1.97. The number of thioether (sulfide) groups is 1. The highest BCUT2D eigenvalue weighted by molar-refractivity contribution is 9.10. The van der Waals surface area contributed by atoms with Crippen molar-refractivity contribution in [2.75, 3.05) is 16.4 Å². The zero-order chi connectivity index (χ0) is 28.5. The van der Waals surface area contributed by atoms with Crippen LogP contribution in [0.25, 0.3) is 6.08 Å². The fourth-order valence-electron chi connectivity index (χ4n) is 3.45. The number of hydrogen-bond donors (Lipinski definition) is 3. The average molecular weight is 655 g/mol. The quantitative estimate of drug-likeness (QED) is 0.127. The number of nitrogens with one attached hydrogen (secondary N) is 3. The van der Waals surface area contributed by atoms with Gasteiger partial charge in [0.15, 0.2) is 0 Å². The number of carbonyl (C=O) groups is 3. The molecule has 0 fully saturated rings. The molecular formula is C30H22BrCl2N3O3S. The molecule has 4 aromatic carbocycles. The molecule has 0 heterocycles. The van der Waals surface area contributed by atoms with Gasteiger partial charge in [0.1, 0.15) is 5.70 Å². The number of rotatable bonds is 9. The molecule has 3 amide bonds. The third-order valence-corrected chi connectivity index (χ3v) is 7.63. The molecule has 0 bridgehead atoms. The molecule has 0 aliphatic heterocycles. The summed E-state index contributed by atoms with van der Waals surface area (Å²) >= 11 is 17.3. The predicted molar refractivity (Wildman–Crippen MR) is 167 cm³/mol. The van der Waals surface area contributed by atoms with E-state index in [9.17, 15) is 14.4 Å². The van der Waals surface area contributed by atoms with Crippen molar-refractivity contribution >= 4 is 86.1 Å². The first-order valence-corrected chi connectivity index (χ1v) is 14.4. The molecule has 0 saturated heterocycles. The van der Waals surface area contributed by atoms with Crippen molar-refractivity contribution < 1.29 is 14.4 Å². The van der Waals surface area contributed by atoms with Gasteiger partial charge in [-0.15, -0.1) is 11.8 Å². The van der Waals surface area contributed by atoms with Crippen LogP contribution in [-0.2, 0) is 9.59 Å². The minimum atomic E-state index is -0.561. The second-order valence-corrected chi connectivity index (χ2v) is 11.1. The molecule has 0 unspecified atom stereocenters. The molecule has 0 radical (unpaired) electrons. The minimum Gasteiger partial charge on any atom is -0.325 e. The van der Waals surface area contributed by atoms with Crippen LogP contribution >= 0.6 is 50.9 Å². The zero-order valence-electron chi connectivity index (χ0n) is 20.8. The molecule has 4 rings (SSSR count). The standard InChI is InChI=1S/C30H22BrCl2N3O3S/c31-20-9-11-21(12-10-20)34-28(37)18-40-23-15-13-22(14-16-23)35-30(39)27(17-24-25(32)7-4-8-26(24)33)36-29(38)19-5-2-1-3-6-19/h1-17H,18H2,(H,34,37)(H,35,39)(H,36,38)/b27-17-. The second kappa shape index (κ2) is 14.2. The monoisotopic (exact) mass is 653 g/mol. The van der Waals surface area contributed by atoms with E-state index in [2.05, 4.69) is 31.9 Å². The van der Waals surface area contributed by atoms with Gasteiger partial charge >= 0.3 is 0 Å². The van der Waals surface area contributed by atoms with Crippen molar-refractivity contribution in [2.24, 2.45) is 0 Å². The van der Waals surface area contributed by atoms with E-state index in [-0.39, 0.29) is 17.4 Å². The van der Waals surface area contributed by atoms with Crippen LogP contribution in [-0.4, -0.2) is 23.5 Å². The lowest BCUT2D eigenvalue weighted by Crippen LogP contribution is -2.30. The van der Waals surface area contributed by atoms with E-state index >= 15 is 0 Å². The molecule has 40 heavy (non-hydrogen) atoms. The Hall–Kier alpha value is -3.56. The summed E-state index contributed by atoms with van der Waals surface area (Å²) in [6.45, 7) is 0. The van der Waals surface area contributed by atoms with Crippen molar-refractivity contribution in [2.45, 2.75) is 4.90 Å². The first-order chi connectivity index (χ1) is 19.3. The summed E-state index contributed by atoms with van der Waals surface area (Å²) < 4.78 is 0.931. The van der Waals surface area contributed by atoms with Crippen molar-refractivity contribution in [1.29, 1.82) is 0 Å². The fourth-order valence-corrected chi connectivity index (χ4v) is 4.92. The van der Waals surface area contributed by atoms with Crippen LogP contribution in [0.1, 0.15) is 15.9 Å². The van der Waals surface area contributed by atoms with Gasteiger partial charge in [-0.1, -0.05) is 63.4 Å². The van der Waals surface area contributed by atoms with Crippen LogP contribution in [0.4, 0.5) is 11.4 Å². The Labute approximate surface area is 254 Å². The van der Waals surface area contributed by atoms with E-state index in [0.29, 0.717) is 32.5 Å². The van der Waals surface area contributed by atoms with E-state index < -0.39 is 11.8 Å². The van der Waals surface area contributed by atoms with Crippen LogP contribution in [0, 0.1) is 0 Å². The Kier molecular flexibility index (Phi) is 10.4. The van der Waals surface area contributed by atoms with E-state index in [1.54, 1.807) is 72.8 Å². The van der Waals surface area contributed by atoms with Crippen LogP contribution in [0.15, 0.2) is 112 Å². The highest BCUT2D eigenvalue weighted by Gasteiger charge is 2.17. The van der Waals surface area contributed by atoms with E-state index in [0.717, 1.165) is 9.37 Å². The average Bonchev–Trinajstić information content (AvgIpc) is 2.95. The normalized spacial score (nSPS) is 11.0. The largest absolute Gasteiger partial charge is 0.325 e. The minimum absolute atomic E-state index is 0.0353. The maximum atomic E-state index is 13.3. The van der Waals surface area contributed by atoms with Crippen LogP contribution < -0.4 is 16.0 Å². The molecule has 0 aromatic heterocycles. The van der Waals surface area contributed by atoms with Crippen molar-refractivity contribution in [3.63, 3.8) is 0 Å². The Bertz CT molecular complexity index is 1530. The van der Waals surface area contributed by atoms with Crippen LogP contribution in [0.5, 0.6) is 0 Å². The highest BCUT2D eigenvalue weighted by atomic mass is 79.9. The summed E-state index contributed by atoms with van der Waals surface area (Å²) in [7, 11) is 0. The summed E-state index contributed by atoms with van der Waals surface area (Å²) in [6, 6.07) is 27.9. The second-order valence-electron chi connectivity index (χ2n) is 8.34. The van der Waals surface area contributed by atoms with Gasteiger partial charge in [0, 0.05) is 41.9 Å². The number of carbonyl (C=O) groups excluding carboxylic acids is 3. The molecule has 0 saturated carbocycles. The van der Waals surface area contributed by atoms with Gasteiger partial charge in [0.05, 0.1) is 5.75 Å². The molecule has 3 N–H and O–H groups in total. The summed E-state index contributed by atoms with van der Waals surface area (Å²) in [5, 5.41) is 8.96. The first-order valence-electron chi connectivity index (χ1n) is 11.9. The third kappa shape index (κ3) is 8.47. The zero-order valence-corrected chi connectivity index (χ0v) is 24.7. The smallest absolute Gasteiger partial charge is 0.272 e. The van der Waals surface area contributed by atoms with Gasteiger partial charge in [-0.25, -0.2) is 0 Å². The van der Waals surface area contributed by atoms with Gasteiger partial charge in [-0.05, 0) is 78.9 Å². The Morgan fingerprint density at radius 3 is 2.00 bits per heavy atom. The van der Waals surface area contributed by atoms with Gasteiger partial charge in [0.2, 0.25) is 5.91 Å². The van der Waals surface area contributed by atoms with Gasteiger partial charge in [0.25, 0.3) is 11.8 Å². The molecule has 0 aliphatic carbocycles. The third-order valence-electron chi connectivity index (χ3n) is 5.43. The lowest BCUT2D eigenvalue weighted by atomic mass is 10.1. The molecule has 0 spiro atoms. The number of halogens is 3. The number of hydrogen-bond acceptors (Lipinski definition) is 4. The lowest BCUT2D eigenvalue weighted by Gasteiger charge is -2.13. The number of anilines is 2. The van der Waals surface area contributed by atoms with Crippen molar-refractivity contribution in [1.82, 2.24) is 5.32 Å². The van der Waals surface area contributed by atoms with Crippen LogP contribution in [0.2, 0.25) is 10.0 Å². The molecule has 6 nitrogen and oxygen atoms in total. The Morgan fingerprint density at radius 1 is 0.750 bits per heavy atom. The van der Waals surface area contributed by atoms with Crippen molar-refractivity contribution in [3.8, 4) is 0 Å². The number of amides is 3. The molecule has 10 heteroatoms.